The molecule has 0 unspecified atom stereocenters. The molecule has 0 spiro atoms. The standard InChI is InChI=1S/C21H24N4O2/c22-17-9-4-6-11-19(17)25-20(26)12-2-1-7-13-23-21(27)16-14-24-18-10-5-3-8-15(16)18/h3-6,8-11,14,24H,1-2,7,12-13,22H2,(H,23,27)(H,25,26). The van der Waals surface area contributed by atoms with Gasteiger partial charge in [-0.2, -0.15) is 0 Å². The Morgan fingerprint density at radius 1 is 0.963 bits per heavy atom. The van der Waals surface area contributed by atoms with Gasteiger partial charge in [-0.25, -0.2) is 0 Å². The fourth-order valence-corrected chi connectivity index (χ4v) is 2.97. The molecule has 0 aliphatic carbocycles. The monoisotopic (exact) mass is 364 g/mol. The molecule has 0 aliphatic heterocycles. The van der Waals surface area contributed by atoms with Crippen molar-refractivity contribution in [3.8, 4) is 0 Å². The minimum Gasteiger partial charge on any atom is -0.397 e. The van der Waals surface area contributed by atoms with Gasteiger partial charge < -0.3 is 21.4 Å². The van der Waals surface area contributed by atoms with Crippen LogP contribution in [-0.2, 0) is 4.79 Å². The number of amides is 2. The Morgan fingerprint density at radius 3 is 2.59 bits per heavy atom. The first-order valence-corrected chi connectivity index (χ1v) is 9.14. The van der Waals surface area contributed by atoms with Crippen LogP contribution in [0, 0.1) is 0 Å². The van der Waals surface area contributed by atoms with Gasteiger partial charge in [-0.05, 0) is 31.0 Å². The molecule has 0 fully saturated rings. The van der Waals surface area contributed by atoms with Crippen LogP contribution in [0.2, 0.25) is 0 Å². The number of unbranched alkanes of at least 4 members (excludes halogenated alkanes) is 2. The van der Waals surface area contributed by atoms with Crippen LogP contribution >= 0.6 is 0 Å². The summed E-state index contributed by atoms with van der Waals surface area (Å²) in [5.41, 5.74) is 8.63. The number of H-pyrrole nitrogens is 1. The number of rotatable bonds is 8. The molecule has 27 heavy (non-hydrogen) atoms. The molecule has 5 N–H and O–H groups in total. The Labute approximate surface area is 158 Å². The Hall–Kier alpha value is -3.28. The third-order valence-corrected chi connectivity index (χ3v) is 4.43. The Kier molecular flexibility index (Phi) is 6.10. The van der Waals surface area contributed by atoms with Crippen LogP contribution in [0.25, 0.3) is 10.9 Å². The van der Waals surface area contributed by atoms with E-state index in [0.717, 1.165) is 30.2 Å². The number of hydrogen-bond donors (Lipinski definition) is 4. The number of nitrogens with two attached hydrogens (primary N) is 1. The van der Waals surface area contributed by atoms with Gasteiger partial charge in [0.05, 0.1) is 16.9 Å². The lowest BCUT2D eigenvalue weighted by molar-refractivity contribution is -0.116. The van der Waals surface area contributed by atoms with E-state index in [1.807, 2.05) is 36.4 Å². The SMILES string of the molecule is Nc1ccccc1NC(=O)CCCCCNC(=O)c1c[nH]c2ccccc12. The molecule has 0 atom stereocenters. The number of aromatic nitrogens is 1. The van der Waals surface area contributed by atoms with Gasteiger partial charge in [-0.15, -0.1) is 0 Å². The second-order valence-electron chi connectivity index (χ2n) is 6.45. The maximum Gasteiger partial charge on any atom is 0.253 e. The number of para-hydroxylation sites is 3. The van der Waals surface area contributed by atoms with Crippen molar-refractivity contribution in [2.45, 2.75) is 25.7 Å². The van der Waals surface area contributed by atoms with Crippen LogP contribution in [-0.4, -0.2) is 23.3 Å². The first kappa shape index (κ1) is 18.5. The van der Waals surface area contributed by atoms with Crippen LogP contribution in [0.4, 0.5) is 11.4 Å². The highest BCUT2D eigenvalue weighted by Gasteiger charge is 2.10. The zero-order valence-corrected chi connectivity index (χ0v) is 15.1. The summed E-state index contributed by atoms with van der Waals surface area (Å²) in [5, 5.41) is 6.68. The van der Waals surface area contributed by atoms with E-state index in [1.165, 1.54) is 0 Å². The van der Waals surface area contributed by atoms with E-state index >= 15 is 0 Å². The number of fused-ring (bicyclic) bond motifs is 1. The molecule has 0 aliphatic rings. The van der Waals surface area contributed by atoms with E-state index in [2.05, 4.69) is 15.6 Å². The van der Waals surface area contributed by atoms with E-state index < -0.39 is 0 Å². The van der Waals surface area contributed by atoms with Crippen molar-refractivity contribution in [2.24, 2.45) is 0 Å². The van der Waals surface area contributed by atoms with Crippen molar-refractivity contribution < 1.29 is 9.59 Å². The Bertz CT molecular complexity index is 933. The number of benzene rings is 2. The van der Waals surface area contributed by atoms with Crippen molar-refractivity contribution >= 4 is 34.1 Å². The molecule has 0 radical (unpaired) electrons. The van der Waals surface area contributed by atoms with E-state index in [0.29, 0.717) is 29.9 Å². The lowest BCUT2D eigenvalue weighted by Crippen LogP contribution is -2.24. The maximum absolute atomic E-state index is 12.3. The van der Waals surface area contributed by atoms with Gasteiger partial charge in [-0.1, -0.05) is 36.8 Å². The largest absolute Gasteiger partial charge is 0.397 e. The van der Waals surface area contributed by atoms with Crippen LogP contribution in [0.3, 0.4) is 0 Å². The molecular formula is C21H24N4O2. The number of nitrogens with one attached hydrogen (secondary N) is 3. The van der Waals surface area contributed by atoms with E-state index in [-0.39, 0.29) is 11.8 Å². The Balaban J connectivity index is 1.34. The normalized spacial score (nSPS) is 10.7. The van der Waals surface area contributed by atoms with E-state index in [9.17, 15) is 9.59 Å². The van der Waals surface area contributed by atoms with E-state index in [1.54, 1.807) is 18.3 Å². The van der Waals surface area contributed by atoms with Crippen molar-refractivity contribution in [3.05, 3.63) is 60.3 Å². The van der Waals surface area contributed by atoms with E-state index in [4.69, 9.17) is 5.73 Å². The first-order valence-electron chi connectivity index (χ1n) is 9.14. The molecule has 140 valence electrons. The van der Waals surface area contributed by atoms with Crippen molar-refractivity contribution in [2.75, 3.05) is 17.6 Å². The summed E-state index contributed by atoms with van der Waals surface area (Å²) in [6.45, 7) is 0.589. The highest BCUT2D eigenvalue weighted by atomic mass is 16.2. The Morgan fingerprint density at radius 2 is 1.74 bits per heavy atom. The zero-order valence-electron chi connectivity index (χ0n) is 15.1. The third kappa shape index (κ3) is 4.88. The second-order valence-corrected chi connectivity index (χ2v) is 6.45. The number of aromatic amines is 1. The fourth-order valence-electron chi connectivity index (χ4n) is 2.97. The minimum absolute atomic E-state index is 0.0456. The van der Waals surface area contributed by atoms with Crippen molar-refractivity contribution in [1.82, 2.24) is 10.3 Å². The van der Waals surface area contributed by atoms with Gasteiger partial charge in [-0.3, -0.25) is 9.59 Å². The molecular weight excluding hydrogens is 340 g/mol. The summed E-state index contributed by atoms with van der Waals surface area (Å²) in [6, 6.07) is 14.9. The number of nitrogen functional groups attached to an aromatic ring is 1. The predicted molar refractivity (Wildman–Crippen MR) is 109 cm³/mol. The lowest BCUT2D eigenvalue weighted by Gasteiger charge is -2.08. The molecule has 3 aromatic rings. The molecule has 0 bridgehead atoms. The summed E-state index contributed by atoms with van der Waals surface area (Å²) >= 11 is 0. The third-order valence-electron chi connectivity index (χ3n) is 4.43. The number of carbonyl (C=O) groups excluding carboxylic acids is 2. The number of hydrogen-bond acceptors (Lipinski definition) is 3. The van der Waals surface area contributed by atoms with Gasteiger partial charge in [0.2, 0.25) is 5.91 Å². The van der Waals surface area contributed by atoms with Crippen molar-refractivity contribution in [3.63, 3.8) is 0 Å². The molecule has 0 saturated heterocycles. The van der Waals surface area contributed by atoms with Gasteiger partial charge in [0.1, 0.15) is 0 Å². The number of carbonyl (C=O) groups is 2. The highest BCUT2D eigenvalue weighted by molar-refractivity contribution is 6.06. The maximum atomic E-state index is 12.3. The zero-order chi connectivity index (χ0) is 19.1. The summed E-state index contributed by atoms with van der Waals surface area (Å²) in [6.07, 6.45) is 4.63. The van der Waals surface area contributed by atoms with Gasteiger partial charge in [0.15, 0.2) is 0 Å². The highest BCUT2D eigenvalue weighted by Crippen LogP contribution is 2.18. The molecule has 0 saturated carbocycles. The smallest absolute Gasteiger partial charge is 0.253 e. The van der Waals surface area contributed by atoms with Crippen LogP contribution in [0.5, 0.6) is 0 Å². The summed E-state index contributed by atoms with van der Waals surface area (Å²) in [4.78, 5) is 27.3. The summed E-state index contributed by atoms with van der Waals surface area (Å²) in [5.74, 6) is -0.125. The molecule has 6 nitrogen and oxygen atoms in total. The van der Waals surface area contributed by atoms with Crippen molar-refractivity contribution in [1.29, 1.82) is 0 Å². The topological polar surface area (TPSA) is 100 Å². The second kappa shape index (κ2) is 8.89. The molecule has 6 heteroatoms. The molecule has 1 aromatic heterocycles. The average molecular weight is 364 g/mol. The van der Waals surface area contributed by atoms with Gasteiger partial charge in [0, 0.05) is 30.1 Å². The quantitative estimate of drug-likeness (QED) is 0.362. The van der Waals surface area contributed by atoms with Gasteiger partial charge >= 0.3 is 0 Å². The average Bonchev–Trinajstić information content (AvgIpc) is 3.10. The van der Waals surface area contributed by atoms with Crippen LogP contribution < -0.4 is 16.4 Å². The van der Waals surface area contributed by atoms with Crippen LogP contribution in [0.15, 0.2) is 54.7 Å². The molecule has 3 rings (SSSR count). The first-order chi connectivity index (χ1) is 13.1. The molecule has 1 heterocycles. The fraction of sp³-hybridized carbons (Fsp3) is 0.238. The van der Waals surface area contributed by atoms with Crippen LogP contribution in [0.1, 0.15) is 36.0 Å². The van der Waals surface area contributed by atoms with Gasteiger partial charge in [0.25, 0.3) is 5.91 Å². The number of anilines is 2. The summed E-state index contributed by atoms with van der Waals surface area (Å²) < 4.78 is 0. The summed E-state index contributed by atoms with van der Waals surface area (Å²) in [7, 11) is 0. The minimum atomic E-state index is -0.0789. The predicted octanol–water partition coefficient (Wildman–Crippen LogP) is 3.68. The molecule has 2 aromatic carbocycles. The molecule has 2 amide bonds. The lowest BCUT2D eigenvalue weighted by atomic mass is 10.1.